The zero-order chi connectivity index (χ0) is 14.4. The summed E-state index contributed by atoms with van der Waals surface area (Å²) in [5, 5.41) is 10.1. The van der Waals surface area contributed by atoms with Crippen LogP contribution < -0.4 is 10.5 Å². The maximum Gasteiger partial charge on any atom is 0.124 e. The molecule has 3 nitrogen and oxygen atoms in total. The third-order valence-corrected chi connectivity index (χ3v) is 3.34. The van der Waals surface area contributed by atoms with Crippen molar-refractivity contribution in [2.75, 3.05) is 6.61 Å². The Hall–Kier alpha value is -1.84. The molecule has 0 bridgehead atoms. The van der Waals surface area contributed by atoms with Gasteiger partial charge >= 0.3 is 0 Å². The minimum Gasteiger partial charge on any atom is -0.490 e. The van der Waals surface area contributed by atoms with E-state index < -0.39 is 6.10 Å². The summed E-state index contributed by atoms with van der Waals surface area (Å²) in [7, 11) is 0. The molecule has 2 atom stereocenters. The maximum atomic E-state index is 10.1. The van der Waals surface area contributed by atoms with Crippen LogP contribution in [-0.4, -0.2) is 11.7 Å². The van der Waals surface area contributed by atoms with Crippen LogP contribution in [0.25, 0.3) is 0 Å². The second kappa shape index (κ2) is 7.08. The van der Waals surface area contributed by atoms with Gasteiger partial charge in [-0.05, 0) is 18.1 Å². The van der Waals surface area contributed by atoms with E-state index in [-0.39, 0.29) is 12.6 Å². The number of hydrogen-bond donors (Lipinski definition) is 2. The van der Waals surface area contributed by atoms with Gasteiger partial charge in [0.2, 0.25) is 0 Å². The normalized spacial score (nSPS) is 13.8. The smallest absolute Gasteiger partial charge is 0.124 e. The molecule has 2 aromatic carbocycles. The molecule has 0 radical (unpaired) electrons. The number of benzene rings is 2. The SMILES string of the molecule is CC[C@@H](N)c1ccccc1OCC(O)c1ccccc1. The van der Waals surface area contributed by atoms with Crippen molar-refractivity contribution in [3.63, 3.8) is 0 Å². The summed E-state index contributed by atoms with van der Waals surface area (Å²) < 4.78 is 5.75. The average Bonchev–Trinajstić information content (AvgIpc) is 2.53. The van der Waals surface area contributed by atoms with Gasteiger partial charge in [0.25, 0.3) is 0 Å². The molecule has 0 saturated carbocycles. The van der Waals surface area contributed by atoms with Crippen LogP contribution >= 0.6 is 0 Å². The van der Waals surface area contributed by atoms with Crippen LogP contribution in [0.15, 0.2) is 54.6 Å². The summed E-state index contributed by atoms with van der Waals surface area (Å²) in [4.78, 5) is 0. The summed E-state index contributed by atoms with van der Waals surface area (Å²) in [6.07, 6.45) is 0.212. The lowest BCUT2D eigenvalue weighted by Gasteiger charge is -2.17. The van der Waals surface area contributed by atoms with E-state index in [0.717, 1.165) is 23.3 Å². The Bertz CT molecular complexity index is 528. The number of nitrogens with two attached hydrogens (primary N) is 1. The highest BCUT2D eigenvalue weighted by Gasteiger charge is 2.12. The maximum absolute atomic E-state index is 10.1. The molecule has 0 saturated heterocycles. The quantitative estimate of drug-likeness (QED) is 0.848. The first-order valence-electron chi connectivity index (χ1n) is 6.92. The summed E-state index contributed by atoms with van der Waals surface area (Å²) >= 11 is 0. The van der Waals surface area contributed by atoms with E-state index in [1.807, 2.05) is 61.5 Å². The number of hydrogen-bond acceptors (Lipinski definition) is 3. The van der Waals surface area contributed by atoms with Crippen LogP contribution in [0.3, 0.4) is 0 Å². The molecule has 0 spiro atoms. The minimum absolute atomic E-state index is 0.0416. The third kappa shape index (κ3) is 3.59. The van der Waals surface area contributed by atoms with Crippen molar-refractivity contribution in [2.24, 2.45) is 5.73 Å². The molecule has 0 aliphatic heterocycles. The Kier molecular flexibility index (Phi) is 5.16. The van der Waals surface area contributed by atoms with Gasteiger partial charge in [-0.3, -0.25) is 0 Å². The van der Waals surface area contributed by atoms with Gasteiger partial charge in [-0.1, -0.05) is 55.5 Å². The third-order valence-electron chi connectivity index (χ3n) is 3.34. The van der Waals surface area contributed by atoms with E-state index >= 15 is 0 Å². The number of aliphatic hydroxyl groups is 1. The van der Waals surface area contributed by atoms with Gasteiger partial charge in [-0.2, -0.15) is 0 Å². The van der Waals surface area contributed by atoms with Gasteiger partial charge in [-0.25, -0.2) is 0 Å². The fourth-order valence-electron chi connectivity index (χ4n) is 2.08. The van der Waals surface area contributed by atoms with Crippen molar-refractivity contribution >= 4 is 0 Å². The fraction of sp³-hybridized carbons (Fsp3) is 0.294. The number of rotatable bonds is 6. The Labute approximate surface area is 120 Å². The minimum atomic E-state index is -0.637. The molecule has 0 fully saturated rings. The lowest BCUT2D eigenvalue weighted by molar-refractivity contribution is 0.107. The zero-order valence-electron chi connectivity index (χ0n) is 11.7. The van der Waals surface area contributed by atoms with Gasteiger partial charge in [0.05, 0.1) is 0 Å². The molecule has 0 amide bonds. The van der Waals surface area contributed by atoms with Crippen LogP contribution in [0.5, 0.6) is 5.75 Å². The lowest BCUT2D eigenvalue weighted by atomic mass is 10.0. The van der Waals surface area contributed by atoms with Crippen LogP contribution in [0.2, 0.25) is 0 Å². The Morgan fingerprint density at radius 3 is 2.40 bits per heavy atom. The van der Waals surface area contributed by atoms with Crippen LogP contribution in [0, 0.1) is 0 Å². The predicted octanol–water partition coefficient (Wildman–Crippen LogP) is 3.21. The van der Waals surface area contributed by atoms with Crippen molar-refractivity contribution in [1.29, 1.82) is 0 Å². The predicted molar refractivity (Wildman–Crippen MR) is 80.6 cm³/mol. The Balaban J connectivity index is 2.04. The summed E-state index contributed by atoms with van der Waals surface area (Å²) in [6, 6.07) is 17.2. The highest BCUT2D eigenvalue weighted by molar-refractivity contribution is 5.35. The molecule has 106 valence electrons. The topological polar surface area (TPSA) is 55.5 Å². The fourth-order valence-corrected chi connectivity index (χ4v) is 2.08. The Morgan fingerprint density at radius 1 is 1.05 bits per heavy atom. The highest BCUT2D eigenvalue weighted by atomic mass is 16.5. The average molecular weight is 271 g/mol. The zero-order valence-corrected chi connectivity index (χ0v) is 11.7. The molecule has 0 heterocycles. The standard InChI is InChI=1S/C17H21NO2/c1-2-15(18)14-10-6-7-11-17(14)20-12-16(19)13-8-4-3-5-9-13/h3-11,15-16,19H,2,12,18H2,1H3/t15-,16?/m1/s1. The molecule has 2 aromatic rings. The largest absolute Gasteiger partial charge is 0.490 e. The van der Waals surface area contributed by atoms with E-state index in [2.05, 4.69) is 0 Å². The van der Waals surface area contributed by atoms with Crippen LogP contribution in [0.4, 0.5) is 0 Å². The molecule has 2 rings (SSSR count). The van der Waals surface area contributed by atoms with E-state index in [0.29, 0.717) is 0 Å². The second-order valence-corrected chi connectivity index (χ2v) is 4.79. The van der Waals surface area contributed by atoms with Crippen LogP contribution in [0.1, 0.15) is 36.6 Å². The number of para-hydroxylation sites is 1. The lowest BCUT2D eigenvalue weighted by Crippen LogP contribution is -2.14. The van der Waals surface area contributed by atoms with Gasteiger partial charge < -0.3 is 15.6 Å². The van der Waals surface area contributed by atoms with Crippen molar-refractivity contribution < 1.29 is 9.84 Å². The van der Waals surface area contributed by atoms with E-state index in [1.54, 1.807) is 0 Å². The molecule has 3 N–H and O–H groups in total. The monoisotopic (exact) mass is 271 g/mol. The number of ether oxygens (including phenoxy) is 1. The van der Waals surface area contributed by atoms with Crippen molar-refractivity contribution in [1.82, 2.24) is 0 Å². The van der Waals surface area contributed by atoms with Gasteiger partial charge in [0, 0.05) is 11.6 Å². The first-order valence-corrected chi connectivity index (χ1v) is 6.92. The van der Waals surface area contributed by atoms with E-state index in [9.17, 15) is 5.11 Å². The van der Waals surface area contributed by atoms with E-state index in [4.69, 9.17) is 10.5 Å². The Morgan fingerprint density at radius 2 is 1.70 bits per heavy atom. The van der Waals surface area contributed by atoms with Crippen molar-refractivity contribution in [3.8, 4) is 5.75 Å². The first-order chi connectivity index (χ1) is 9.72. The molecule has 0 aliphatic carbocycles. The second-order valence-electron chi connectivity index (χ2n) is 4.79. The molecular formula is C17H21NO2. The van der Waals surface area contributed by atoms with Crippen LogP contribution in [-0.2, 0) is 0 Å². The summed E-state index contributed by atoms with van der Waals surface area (Å²) in [6.45, 7) is 2.26. The number of aliphatic hydroxyl groups excluding tert-OH is 1. The molecule has 20 heavy (non-hydrogen) atoms. The molecule has 1 unspecified atom stereocenters. The van der Waals surface area contributed by atoms with Crippen molar-refractivity contribution in [3.05, 3.63) is 65.7 Å². The van der Waals surface area contributed by atoms with Gasteiger partial charge in [0.1, 0.15) is 18.5 Å². The molecule has 0 aliphatic rings. The molecular weight excluding hydrogens is 250 g/mol. The molecule has 3 heteroatoms. The first kappa shape index (κ1) is 14.6. The summed E-state index contributed by atoms with van der Waals surface area (Å²) in [5.41, 5.74) is 7.90. The van der Waals surface area contributed by atoms with Crippen molar-refractivity contribution in [2.45, 2.75) is 25.5 Å². The van der Waals surface area contributed by atoms with Gasteiger partial charge in [0.15, 0.2) is 0 Å². The summed E-state index contributed by atoms with van der Waals surface area (Å²) in [5.74, 6) is 0.747. The van der Waals surface area contributed by atoms with Gasteiger partial charge in [-0.15, -0.1) is 0 Å². The highest BCUT2D eigenvalue weighted by Crippen LogP contribution is 2.26. The molecule has 0 aromatic heterocycles. The van der Waals surface area contributed by atoms with E-state index in [1.165, 1.54) is 0 Å².